The summed E-state index contributed by atoms with van der Waals surface area (Å²) in [6.45, 7) is 8.26. The lowest BCUT2D eigenvalue weighted by atomic mass is 10.1. The first-order valence-electron chi connectivity index (χ1n) is 4.36. The van der Waals surface area contributed by atoms with Crippen LogP contribution in [0.15, 0.2) is 24.8 Å². The molecule has 3 heteroatoms. The second kappa shape index (κ2) is 4.12. The van der Waals surface area contributed by atoms with E-state index in [9.17, 15) is 4.79 Å². The monoisotopic (exact) mass is 181 g/mol. The summed E-state index contributed by atoms with van der Waals surface area (Å²) < 4.78 is 4.67. The summed E-state index contributed by atoms with van der Waals surface area (Å²) in [4.78, 5) is 13.0. The van der Waals surface area contributed by atoms with Crippen molar-refractivity contribution in [3.8, 4) is 0 Å². The molecule has 1 rings (SSSR count). The van der Waals surface area contributed by atoms with Crippen LogP contribution in [0.3, 0.4) is 0 Å². The van der Waals surface area contributed by atoms with E-state index < -0.39 is 0 Å². The smallest absolute Gasteiger partial charge is 0.409 e. The average Bonchev–Trinajstić information content (AvgIpc) is 2.63. The highest BCUT2D eigenvalue weighted by atomic mass is 16.5. The molecule has 1 unspecified atom stereocenters. The molecule has 1 atom stereocenters. The normalized spacial score (nSPS) is 21.3. The summed E-state index contributed by atoms with van der Waals surface area (Å²) in [5, 5.41) is 0. The fourth-order valence-electron chi connectivity index (χ4n) is 1.62. The maximum Gasteiger partial charge on any atom is 0.409 e. The summed E-state index contributed by atoms with van der Waals surface area (Å²) in [6.07, 6.45) is 3.39. The Morgan fingerprint density at radius 2 is 2.38 bits per heavy atom. The van der Waals surface area contributed by atoms with E-state index in [2.05, 4.69) is 17.9 Å². The minimum Gasteiger partial charge on any atom is -0.453 e. The van der Waals surface area contributed by atoms with Gasteiger partial charge in [-0.3, -0.25) is 0 Å². The molecule has 0 aromatic carbocycles. The number of likely N-dealkylation sites (tertiary alicyclic amines) is 1. The van der Waals surface area contributed by atoms with Gasteiger partial charge in [0.15, 0.2) is 0 Å². The van der Waals surface area contributed by atoms with Crippen LogP contribution in [0.4, 0.5) is 4.79 Å². The van der Waals surface area contributed by atoms with Crippen molar-refractivity contribution >= 4 is 6.09 Å². The molecular formula is C10H15NO2. The molecule has 1 aliphatic rings. The Morgan fingerprint density at radius 1 is 1.69 bits per heavy atom. The van der Waals surface area contributed by atoms with Crippen molar-refractivity contribution in [2.45, 2.75) is 18.9 Å². The first-order chi connectivity index (χ1) is 6.20. The lowest BCUT2D eigenvalue weighted by Gasteiger charge is -2.23. The van der Waals surface area contributed by atoms with Crippen molar-refractivity contribution in [3.05, 3.63) is 24.8 Å². The fraction of sp³-hybridized carbons (Fsp3) is 0.500. The largest absolute Gasteiger partial charge is 0.453 e. The van der Waals surface area contributed by atoms with E-state index in [1.807, 2.05) is 0 Å². The van der Waals surface area contributed by atoms with Crippen molar-refractivity contribution in [1.29, 1.82) is 0 Å². The third-order valence-electron chi connectivity index (χ3n) is 2.35. The highest BCUT2D eigenvalue weighted by Gasteiger charge is 2.29. The molecule has 13 heavy (non-hydrogen) atoms. The molecule has 0 aliphatic carbocycles. The van der Waals surface area contributed by atoms with Crippen molar-refractivity contribution in [2.75, 3.05) is 13.7 Å². The maximum absolute atomic E-state index is 11.3. The van der Waals surface area contributed by atoms with Crippen LogP contribution < -0.4 is 0 Å². The lowest BCUT2D eigenvalue weighted by Crippen LogP contribution is -2.35. The minimum atomic E-state index is -0.273. The third-order valence-corrected chi connectivity index (χ3v) is 2.35. The van der Waals surface area contributed by atoms with Gasteiger partial charge >= 0.3 is 6.09 Å². The van der Waals surface area contributed by atoms with Gasteiger partial charge in [0.2, 0.25) is 0 Å². The van der Waals surface area contributed by atoms with E-state index in [-0.39, 0.29) is 12.1 Å². The van der Waals surface area contributed by atoms with E-state index in [1.165, 1.54) is 7.11 Å². The zero-order chi connectivity index (χ0) is 9.84. The van der Waals surface area contributed by atoms with E-state index >= 15 is 0 Å². The topological polar surface area (TPSA) is 29.5 Å². The first-order valence-corrected chi connectivity index (χ1v) is 4.36. The number of ether oxygens (including phenoxy) is 1. The standard InChI is InChI=1S/C10H15NO2/c1-4-8(2)9-6-5-7-11(9)10(12)13-3/h4,9H,1-2,5-7H2,3H3. The summed E-state index contributed by atoms with van der Waals surface area (Å²) in [5.41, 5.74) is 0.892. The fourth-order valence-corrected chi connectivity index (χ4v) is 1.62. The van der Waals surface area contributed by atoms with Crippen molar-refractivity contribution in [2.24, 2.45) is 0 Å². The molecule has 1 saturated heterocycles. The number of carbonyl (C=O) groups excluding carboxylic acids is 1. The van der Waals surface area contributed by atoms with E-state index in [4.69, 9.17) is 0 Å². The highest BCUT2D eigenvalue weighted by molar-refractivity contribution is 5.69. The molecule has 0 radical (unpaired) electrons. The second-order valence-electron chi connectivity index (χ2n) is 3.10. The lowest BCUT2D eigenvalue weighted by molar-refractivity contribution is 0.124. The zero-order valence-corrected chi connectivity index (χ0v) is 7.95. The highest BCUT2D eigenvalue weighted by Crippen LogP contribution is 2.23. The van der Waals surface area contributed by atoms with Gasteiger partial charge in [0.05, 0.1) is 13.2 Å². The van der Waals surface area contributed by atoms with Gasteiger partial charge < -0.3 is 9.64 Å². The summed E-state index contributed by atoms with van der Waals surface area (Å²) >= 11 is 0. The summed E-state index contributed by atoms with van der Waals surface area (Å²) in [6, 6.07) is 0.0879. The molecule has 1 fully saturated rings. The third kappa shape index (κ3) is 1.91. The Hall–Kier alpha value is -1.25. The molecule has 1 heterocycles. The van der Waals surface area contributed by atoms with Crippen LogP contribution in [0.1, 0.15) is 12.8 Å². The number of amides is 1. The van der Waals surface area contributed by atoms with Crippen LogP contribution in [-0.4, -0.2) is 30.7 Å². The SMILES string of the molecule is C=CC(=C)C1CCCN1C(=O)OC. The summed E-state index contributed by atoms with van der Waals surface area (Å²) in [5.74, 6) is 0. The predicted molar refractivity (Wildman–Crippen MR) is 51.5 cm³/mol. The molecular weight excluding hydrogens is 166 g/mol. The van der Waals surface area contributed by atoms with Gasteiger partial charge in [-0.25, -0.2) is 4.79 Å². The number of carbonyl (C=O) groups is 1. The molecule has 3 nitrogen and oxygen atoms in total. The van der Waals surface area contributed by atoms with Crippen LogP contribution in [0.25, 0.3) is 0 Å². The van der Waals surface area contributed by atoms with Crippen molar-refractivity contribution in [3.63, 3.8) is 0 Å². The molecule has 0 N–H and O–H groups in total. The Labute approximate surface area is 78.7 Å². The van der Waals surface area contributed by atoms with Gasteiger partial charge in [-0.15, -0.1) is 0 Å². The van der Waals surface area contributed by atoms with E-state index in [0.717, 1.165) is 25.0 Å². The van der Waals surface area contributed by atoms with Crippen molar-refractivity contribution < 1.29 is 9.53 Å². The van der Waals surface area contributed by atoms with Crippen molar-refractivity contribution in [1.82, 2.24) is 4.90 Å². The van der Waals surface area contributed by atoms with Gasteiger partial charge in [-0.05, 0) is 18.4 Å². The van der Waals surface area contributed by atoms with Gasteiger partial charge in [-0.2, -0.15) is 0 Å². The Bertz CT molecular complexity index is 235. The Kier molecular flexibility index (Phi) is 3.12. The Morgan fingerprint density at radius 3 is 2.92 bits per heavy atom. The number of hydrogen-bond donors (Lipinski definition) is 0. The van der Waals surface area contributed by atoms with E-state index in [1.54, 1.807) is 11.0 Å². The molecule has 1 amide bonds. The first kappa shape index (κ1) is 9.84. The quantitative estimate of drug-likeness (QED) is 0.609. The van der Waals surface area contributed by atoms with Gasteiger partial charge in [0, 0.05) is 6.54 Å². The number of nitrogens with zero attached hydrogens (tertiary/aromatic N) is 1. The van der Waals surface area contributed by atoms with Gasteiger partial charge in [-0.1, -0.05) is 19.2 Å². The summed E-state index contributed by atoms with van der Waals surface area (Å²) in [7, 11) is 1.40. The van der Waals surface area contributed by atoms with E-state index in [0.29, 0.717) is 0 Å². The number of methoxy groups -OCH3 is 1. The van der Waals surface area contributed by atoms with Gasteiger partial charge in [0.1, 0.15) is 0 Å². The number of hydrogen-bond acceptors (Lipinski definition) is 2. The molecule has 0 aromatic heterocycles. The minimum absolute atomic E-state index is 0.0879. The second-order valence-corrected chi connectivity index (χ2v) is 3.10. The molecule has 72 valence electrons. The van der Waals surface area contributed by atoms with Crippen LogP contribution in [0.2, 0.25) is 0 Å². The number of rotatable bonds is 2. The van der Waals surface area contributed by atoms with Gasteiger partial charge in [0.25, 0.3) is 0 Å². The average molecular weight is 181 g/mol. The molecule has 0 saturated carbocycles. The zero-order valence-electron chi connectivity index (χ0n) is 7.95. The molecule has 0 spiro atoms. The molecule has 0 bridgehead atoms. The molecule has 1 aliphatic heterocycles. The van der Waals surface area contributed by atoms with Crippen LogP contribution in [-0.2, 0) is 4.74 Å². The molecule has 0 aromatic rings. The van der Waals surface area contributed by atoms with Crippen LogP contribution in [0.5, 0.6) is 0 Å². The predicted octanol–water partition coefficient (Wildman–Crippen LogP) is 1.96. The van der Waals surface area contributed by atoms with Crippen LogP contribution >= 0.6 is 0 Å². The Balaban J connectivity index is 2.68. The maximum atomic E-state index is 11.3. The van der Waals surface area contributed by atoms with Crippen LogP contribution in [0, 0.1) is 0 Å².